The number of aromatic hydroxyl groups is 6. The van der Waals surface area contributed by atoms with Crippen LogP contribution < -0.4 is 5.46 Å². The summed E-state index contributed by atoms with van der Waals surface area (Å²) >= 11 is 3.08. The number of fused-ring (bicyclic) bond motifs is 3. The van der Waals surface area contributed by atoms with Gasteiger partial charge in [0.05, 0.1) is 16.3 Å². The zero-order chi connectivity index (χ0) is 23.6. The maximum absolute atomic E-state index is 11.0. The van der Waals surface area contributed by atoms with Crippen molar-refractivity contribution in [2.24, 2.45) is 0 Å². The number of benzene rings is 4. The van der Waals surface area contributed by atoms with Crippen LogP contribution in [0.5, 0.6) is 34.5 Å². The number of nitrogens with zero attached hydrogens (tertiary/aromatic N) is 1. The van der Waals surface area contributed by atoms with Crippen LogP contribution >= 0.6 is 15.9 Å². The highest BCUT2D eigenvalue weighted by atomic mass is 79.9. The van der Waals surface area contributed by atoms with Crippen LogP contribution in [0.25, 0.3) is 38.6 Å². The molecule has 0 saturated carbocycles. The first-order chi connectivity index (χ1) is 15.7. The molecular formula is C24H17BBrNO6. The Labute approximate surface area is 196 Å². The lowest BCUT2D eigenvalue weighted by atomic mass is 9.91. The van der Waals surface area contributed by atoms with E-state index >= 15 is 0 Å². The molecular weight excluding hydrogens is 489 g/mol. The number of phenols is 6. The molecule has 7 nitrogen and oxygen atoms in total. The Morgan fingerprint density at radius 2 is 1.18 bits per heavy atom. The van der Waals surface area contributed by atoms with Crippen LogP contribution in [0.1, 0.15) is 0 Å². The lowest BCUT2D eigenvalue weighted by molar-refractivity contribution is 0.398. The van der Waals surface area contributed by atoms with Crippen LogP contribution in [0, 0.1) is 0 Å². The normalized spacial score (nSPS) is 11.4. The molecule has 5 aromatic rings. The number of rotatable bonds is 2. The largest absolute Gasteiger partial charge is 0.506 e. The molecule has 5 rings (SSSR count). The second-order valence-electron chi connectivity index (χ2n) is 7.73. The highest BCUT2D eigenvalue weighted by Gasteiger charge is 2.30. The molecule has 0 aliphatic heterocycles. The first-order valence-electron chi connectivity index (χ1n) is 9.93. The van der Waals surface area contributed by atoms with Crippen molar-refractivity contribution in [3.8, 4) is 51.3 Å². The van der Waals surface area contributed by atoms with Gasteiger partial charge in [0.2, 0.25) is 0 Å². The molecule has 0 spiro atoms. The van der Waals surface area contributed by atoms with E-state index in [1.54, 1.807) is 12.1 Å². The van der Waals surface area contributed by atoms with E-state index in [1.807, 2.05) is 42.5 Å². The van der Waals surface area contributed by atoms with Crippen molar-refractivity contribution in [2.75, 3.05) is 0 Å². The highest BCUT2D eigenvalue weighted by molar-refractivity contribution is 9.10. The van der Waals surface area contributed by atoms with E-state index in [9.17, 15) is 30.6 Å². The molecule has 33 heavy (non-hydrogen) atoms. The maximum Gasteiger partial charge on any atom is 0.176 e. The van der Waals surface area contributed by atoms with Gasteiger partial charge in [-0.2, -0.15) is 0 Å². The van der Waals surface area contributed by atoms with Gasteiger partial charge in [-0.3, -0.25) is 0 Å². The van der Waals surface area contributed by atoms with E-state index in [0.717, 1.165) is 11.1 Å². The molecule has 1 heterocycles. The smallest absolute Gasteiger partial charge is 0.176 e. The van der Waals surface area contributed by atoms with E-state index < -0.39 is 28.7 Å². The Kier molecular flexibility index (Phi) is 4.61. The van der Waals surface area contributed by atoms with Crippen LogP contribution in [0.3, 0.4) is 0 Å². The predicted octanol–water partition coefficient (Wildman–Crippen LogP) is 3.71. The van der Waals surface area contributed by atoms with Crippen LogP contribution in [0.4, 0.5) is 0 Å². The molecule has 0 amide bonds. The number of hydrogen-bond acceptors (Lipinski definition) is 6. The van der Waals surface area contributed by atoms with E-state index in [4.69, 9.17) is 0 Å². The van der Waals surface area contributed by atoms with Crippen LogP contribution in [0.2, 0.25) is 0 Å². The fourth-order valence-corrected chi connectivity index (χ4v) is 4.60. The van der Waals surface area contributed by atoms with E-state index in [1.165, 1.54) is 12.4 Å². The van der Waals surface area contributed by atoms with Crippen molar-refractivity contribution < 1.29 is 30.6 Å². The van der Waals surface area contributed by atoms with Crippen molar-refractivity contribution in [1.82, 2.24) is 4.57 Å². The Morgan fingerprint density at radius 1 is 0.606 bits per heavy atom. The first kappa shape index (κ1) is 20.9. The maximum atomic E-state index is 11.0. The highest BCUT2D eigenvalue weighted by Crippen LogP contribution is 2.55. The number of phenolic OH excluding ortho intramolecular Hbond substituents is 6. The minimum absolute atomic E-state index is 0.0190. The summed E-state index contributed by atoms with van der Waals surface area (Å²) in [7, 11) is 1.43. The summed E-state index contributed by atoms with van der Waals surface area (Å²) in [4.78, 5) is 0. The van der Waals surface area contributed by atoms with Gasteiger partial charge in [-0.05, 0) is 44.7 Å². The van der Waals surface area contributed by atoms with Crippen LogP contribution in [-0.4, -0.2) is 43.1 Å². The van der Waals surface area contributed by atoms with Crippen molar-refractivity contribution in [2.45, 2.75) is 0 Å². The summed E-state index contributed by atoms with van der Waals surface area (Å²) < 4.78 is 1.31. The molecule has 0 aliphatic carbocycles. The standard InChI is InChI=1S/C24H17BBrNO6/c25-15-21(30)17-13(19(28)22(15)31)14-18(23(32)16(26)24(33)20(14)29)27(17)12-8-4-7-11(9-12)10-5-2-1-3-6-10/h1-9,28-33H,25H2. The Hall–Kier alpha value is -3.98. The van der Waals surface area contributed by atoms with Crippen molar-refractivity contribution >= 4 is 51.0 Å². The van der Waals surface area contributed by atoms with Crippen molar-refractivity contribution in [1.29, 1.82) is 0 Å². The van der Waals surface area contributed by atoms with Crippen molar-refractivity contribution in [3.63, 3.8) is 0 Å². The number of aromatic nitrogens is 1. The zero-order valence-electron chi connectivity index (χ0n) is 17.2. The summed E-state index contributed by atoms with van der Waals surface area (Å²) in [6.07, 6.45) is 0. The molecule has 0 unspecified atom stereocenters. The third-order valence-electron chi connectivity index (χ3n) is 5.88. The molecule has 0 saturated heterocycles. The molecule has 0 bridgehead atoms. The molecule has 0 aliphatic rings. The molecule has 0 atom stereocenters. The third kappa shape index (κ3) is 2.82. The molecule has 0 fully saturated rings. The van der Waals surface area contributed by atoms with Crippen LogP contribution in [-0.2, 0) is 0 Å². The third-order valence-corrected chi connectivity index (χ3v) is 6.63. The summed E-state index contributed by atoms with van der Waals surface area (Å²) in [6.45, 7) is 0. The topological polar surface area (TPSA) is 126 Å². The summed E-state index contributed by atoms with van der Waals surface area (Å²) in [5, 5.41) is 63.9. The Bertz CT molecular complexity index is 1520. The molecule has 0 radical (unpaired) electrons. The second-order valence-corrected chi connectivity index (χ2v) is 8.52. The van der Waals surface area contributed by atoms with E-state index in [0.29, 0.717) is 5.69 Å². The van der Waals surface area contributed by atoms with Gasteiger partial charge in [0, 0.05) is 5.69 Å². The van der Waals surface area contributed by atoms with Crippen LogP contribution in [0.15, 0.2) is 59.1 Å². The van der Waals surface area contributed by atoms with E-state index in [2.05, 4.69) is 15.9 Å². The average Bonchev–Trinajstić information content (AvgIpc) is 3.20. The quantitative estimate of drug-likeness (QED) is 0.123. The monoisotopic (exact) mass is 505 g/mol. The lowest BCUT2D eigenvalue weighted by Crippen LogP contribution is -2.06. The number of halogens is 1. The minimum Gasteiger partial charge on any atom is -0.506 e. The van der Waals surface area contributed by atoms with Gasteiger partial charge in [-0.25, -0.2) is 0 Å². The van der Waals surface area contributed by atoms with Crippen molar-refractivity contribution in [3.05, 3.63) is 59.1 Å². The fourth-order valence-electron chi connectivity index (χ4n) is 4.22. The zero-order valence-corrected chi connectivity index (χ0v) is 18.8. The summed E-state index contributed by atoms with van der Waals surface area (Å²) in [5.41, 5.74) is 2.38. The van der Waals surface area contributed by atoms with Gasteiger partial charge in [-0.15, -0.1) is 0 Å². The van der Waals surface area contributed by atoms with Gasteiger partial charge in [0.25, 0.3) is 0 Å². The van der Waals surface area contributed by atoms with Gasteiger partial charge in [0.1, 0.15) is 23.6 Å². The van der Waals surface area contributed by atoms with Gasteiger partial charge < -0.3 is 35.2 Å². The minimum atomic E-state index is -0.643. The summed E-state index contributed by atoms with van der Waals surface area (Å²) in [5.74, 6) is -3.21. The second kappa shape index (κ2) is 7.28. The molecule has 4 aromatic carbocycles. The Morgan fingerprint density at radius 3 is 1.85 bits per heavy atom. The lowest BCUT2D eigenvalue weighted by Gasteiger charge is -2.14. The van der Waals surface area contributed by atoms with Gasteiger partial charge in [0.15, 0.2) is 28.7 Å². The van der Waals surface area contributed by atoms with Gasteiger partial charge >= 0.3 is 0 Å². The average molecular weight is 506 g/mol. The van der Waals surface area contributed by atoms with Gasteiger partial charge in [-0.1, -0.05) is 42.5 Å². The molecule has 164 valence electrons. The molecule has 9 heteroatoms. The fraction of sp³-hybridized carbons (Fsp3) is 0. The first-order valence-corrected chi connectivity index (χ1v) is 10.7. The Balaban J connectivity index is 2.02. The summed E-state index contributed by atoms with van der Waals surface area (Å²) in [6, 6.07) is 16.9. The van der Waals surface area contributed by atoms with E-state index in [-0.39, 0.29) is 37.5 Å². The number of hydrogen-bond donors (Lipinski definition) is 6. The predicted molar refractivity (Wildman–Crippen MR) is 132 cm³/mol. The SMILES string of the molecule is Bc1c(O)c(O)c2c3c(O)c(O)c(Br)c(O)c3n(-c3cccc(-c4ccccc4)c3)c2c1O. The molecule has 1 aromatic heterocycles. The molecule has 6 N–H and O–H groups in total.